The van der Waals surface area contributed by atoms with Crippen LogP contribution in [0.25, 0.3) is 0 Å². The molecule has 3 unspecified atom stereocenters. The monoisotopic (exact) mass is 553 g/mol. The van der Waals surface area contributed by atoms with E-state index in [4.69, 9.17) is 5.73 Å². The van der Waals surface area contributed by atoms with Gasteiger partial charge in [-0.15, -0.1) is 0 Å². The number of nitrogens with two attached hydrogens (primary N) is 1. The summed E-state index contributed by atoms with van der Waals surface area (Å²) in [5.41, 5.74) is 5.67. The summed E-state index contributed by atoms with van der Waals surface area (Å²) in [5, 5.41) is 13.8. The second-order valence-corrected chi connectivity index (χ2v) is 10.4. The van der Waals surface area contributed by atoms with Crippen LogP contribution in [0.15, 0.2) is 0 Å². The van der Waals surface area contributed by atoms with Gasteiger partial charge in [-0.1, -0.05) is 0 Å². The van der Waals surface area contributed by atoms with Crippen LogP contribution in [-0.4, -0.2) is 87.6 Å². The van der Waals surface area contributed by atoms with Gasteiger partial charge in [0.15, 0.2) is 0 Å². The molecule has 10 heteroatoms. The third kappa shape index (κ3) is 18.1. The Labute approximate surface area is 194 Å². The van der Waals surface area contributed by atoms with Crippen LogP contribution < -0.4 is 52.0 Å². The van der Waals surface area contributed by atoms with Crippen molar-refractivity contribution in [2.75, 3.05) is 87.6 Å². The van der Waals surface area contributed by atoms with Crippen molar-refractivity contribution in [3.05, 3.63) is 0 Å². The van der Waals surface area contributed by atoms with Gasteiger partial charge in [-0.05, 0) is 12.3 Å². The molecule has 0 rings (SSSR count). The van der Waals surface area contributed by atoms with Crippen LogP contribution in [0.3, 0.4) is 0 Å². The number of halogens is 1. The molecule has 0 aromatic heterocycles. The molecule has 0 saturated carbocycles. The van der Waals surface area contributed by atoms with Crippen molar-refractivity contribution in [2.45, 2.75) is 0 Å². The van der Waals surface area contributed by atoms with Crippen molar-refractivity contribution in [3.8, 4) is 0 Å². The fourth-order valence-corrected chi connectivity index (χ4v) is 5.11. The molecule has 0 saturated heterocycles. The molecular weight excluding hydrogens is 511 g/mol. The van der Waals surface area contributed by atoms with Crippen LogP contribution in [0.5, 0.6) is 0 Å². The molecule has 166 valence electrons. The summed E-state index contributed by atoms with van der Waals surface area (Å²) < 4.78 is 4.88. The van der Waals surface area contributed by atoms with Crippen molar-refractivity contribution < 1.29 is 21.5 Å². The van der Waals surface area contributed by atoms with E-state index in [0.717, 1.165) is 69.6 Å². The molecule has 7 N–H and O–H groups in total. The first-order valence-corrected chi connectivity index (χ1v) is 14.3. The van der Waals surface area contributed by atoms with E-state index in [1.165, 1.54) is 4.43 Å². The molecular formula is C17H42IN6S3-. The SMILES string of the molecule is CNCC(CS)CN[I-]CCNCC(CS)CNCCNCC(CN)CS. The zero-order valence-electron chi connectivity index (χ0n) is 16.7. The second-order valence-electron chi connectivity index (χ2n) is 6.71. The van der Waals surface area contributed by atoms with Gasteiger partial charge < -0.3 is 5.73 Å². The van der Waals surface area contributed by atoms with E-state index in [2.05, 4.69) is 62.7 Å². The predicted octanol–water partition coefficient (Wildman–Crippen LogP) is -3.84. The number of nitrogens with one attached hydrogen (secondary N) is 5. The molecule has 0 aliphatic heterocycles. The molecule has 0 aromatic carbocycles. The molecule has 27 heavy (non-hydrogen) atoms. The Kier molecular flexibility index (Phi) is 23.5. The summed E-state index contributed by atoms with van der Waals surface area (Å²) in [6.45, 7) is 8.82. The van der Waals surface area contributed by atoms with Crippen LogP contribution in [0.1, 0.15) is 0 Å². The Morgan fingerprint density at radius 2 is 1.26 bits per heavy atom. The maximum absolute atomic E-state index is 5.67. The van der Waals surface area contributed by atoms with Crippen molar-refractivity contribution in [1.82, 2.24) is 24.8 Å². The Morgan fingerprint density at radius 3 is 1.78 bits per heavy atom. The van der Waals surface area contributed by atoms with E-state index in [1.807, 2.05) is 7.05 Å². The van der Waals surface area contributed by atoms with Crippen molar-refractivity contribution in [1.29, 1.82) is 0 Å². The van der Waals surface area contributed by atoms with Crippen LogP contribution >= 0.6 is 37.9 Å². The van der Waals surface area contributed by atoms with E-state index in [0.29, 0.717) is 24.3 Å². The molecule has 0 heterocycles. The predicted molar refractivity (Wildman–Crippen MR) is 126 cm³/mol. The van der Waals surface area contributed by atoms with Gasteiger partial charge in [0.2, 0.25) is 0 Å². The van der Waals surface area contributed by atoms with Crippen LogP contribution in [0.4, 0.5) is 0 Å². The number of alkyl halides is 1. The van der Waals surface area contributed by atoms with Gasteiger partial charge in [0.25, 0.3) is 0 Å². The molecule has 0 amide bonds. The van der Waals surface area contributed by atoms with Crippen molar-refractivity contribution in [3.63, 3.8) is 0 Å². The first kappa shape index (κ1) is 28.5. The topological polar surface area (TPSA) is 86.2 Å². The molecule has 0 fully saturated rings. The molecule has 0 aliphatic rings. The summed E-state index contributed by atoms with van der Waals surface area (Å²) in [4.78, 5) is 0. The van der Waals surface area contributed by atoms with Crippen molar-refractivity contribution in [2.24, 2.45) is 23.5 Å². The molecule has 0 aliphatic carbocycles. The maximum atomic E-state index is 5.67. The summed E-state index contributed by atoms with van der Waals surface area (Å²) >= 11 is 13.3. The Morgan fingerprint density at radius 1 is 0.741 bits per heavy atom. The van der Waals surface area contributed by atoms with Crippen LogP contribution in [-0.2, 0) is 0 Å². The first-order chi connectivity index (χ1) is 13.2. The quantitative estimate of drug-likeness (QED) is 0.0238. The van der Waals surface area contributed by atoms with Crippen molar-refractivity contribution >= 4 is 37.9 Å². The number of rotatable bonds is 21. The second kappa shape index (κ2) is 22.2. The molecule has 0 bridgehead atoms. The first-order valence-electron chi connectivity index (χ1n) is 9.82. The Hall–Kier alpha value is 1.54. The fraction of sp³-hybridized carbons (Fsp3) is 1.00. The fourth-order valence-electron chi connectivity index (χ4n) is 2.35. The minimum atomic E-state index is 0.0777. The van der Waals surface area contributed by atoms with E-state index in [9.17, 15) is 0 Å². The average molecular weight is 554 g/mol. The van der Waals surface area contributed by atoms with Gasteiger partial charge in [0.05, 0.1) is 0 Å². The summed E-state index contributed by atoms with van der Waals surface area (Å²) in [6, 6.07) is 0. The smallest absolute Gasteiger partial charge is 0.330 e. The van der Waals surface area contributed by atoms with Gasteiger partial charge >= 0.3 is 165 Å². The molecule has 0 aromatic rings. The van der Waals surface area contributed by atoms with E-state index >= 15 is 0 Å². The van der Waals surface area contributed by atoms with E-state index in [-0.39, 0.29) is 21.5 Å². The minimum absolute atomic E-state index is 0.0777. The molecule has 3 atom stereocenters. The van der Waals surface area contributed by atoms with Gasteiger partial charge in [-0.25, -0.2) is 0 Å². The summed E-state index contributed by atoms with van der Waals surface area (Å²) in [5.74, 6) is 4.34. The van der Waals surface area contributed by atoms with Gasteiger partial charge in [-0.2, -0.15) is 12.6 Å². The average Bonchev–Trinajstić information content (AvgIpc) is 2.70. The number of thiol groups is 3. The number of hydrogen-bond donors (Lipinski definition) is 9. The zero-order valence-corrected chi connectivity index (χ0v) is 21.6. The zero-order chi connectivity index (χ0) is 20.2. The molecule has 0 radical (unpaired) electrons. The normalized spacial score (nSPS) is 15.1. The van der Waals surface area contributed by atoms with E-state index in [1.54, 1.807) is 0 Å². The number of hydrogen-bond acceptors (Lipinski definition) is 9. The van der Waals surface area contributed by atoms with E-state index < -0.39 is 0 Å². The standard InChI is InChI=1S/C17H42IN6S3/c1-20-7-16(13-26)11-24-18-2-3-21-9-17(14-27)10-23-5-4-22-8-15(6-19)12-25/h15-17,20-27H,2-14,19H2,1H3/q-1. The van der Waals surface area contributed by atoms with Gasteiger partial charge in [0.1, 0.15) is 0 Å². The van der Waals surface area contributed by atoms with Crippen LogP contribution in [0, 0.1) is 17.8 Å². The Balaban J connectivity index is 3.51. The third-order valence-corrected chi connectivity index (χ3v) is 7.81. The molecule has 0 spiro atoms. The summed E-state index contributed by atoms with van der Waals surface area (Å²) in [7, 11) is 2.00. The Bertz CT molecular complexity index is 304. The summed E-state index contributed by atoms with van der Waals surface area (Å²) in [6.07, 6.45) is 0. The van der Waals surface area contributed by atoms with Gasteiger partial charge in [0, 0.05) is 0 Å². The van der Waals surface area contributed by atoms with Crippen LogP contribution in [0.2, 0.25) is 0 Å². The minimum Gasteiger partial charge on any atom is -0.330 e. The van der Waals surface area contributed by atoms with Gasteiger partial charge in [-0.3, -0.25) is 0 Å². The third-order valence-electron chi connectivity index (χ3n) is 4.20. The molecule has 6 nitrogen and oxygen atoms in total.